The minimum Gasteiger partial charge on any atom is -0.481 e. The molecule has 20 heavy (non-hydrogen) atoms. The predicted octanol–water partition coefficient (Wildman–Crippen LogP) is 3.29. The van der Waals surface area contributed by atoms with E-state index < -0.39 is 5.97 Å². The van der Waals surface area contributed by atoms with Crippen LogP contribution in [0.2, 0.25) is 5.02 Å². The summed E-state index contributed by atoms with van der Waals surface area (Å²) in [6.07, 6.45) is 3.08. The Morgan fingerprint density at radius 3 is 3.00 bits per heavy atom. The zero-order chi connectivity index (χ0) is 14.5. The maximum atomic E-state index is 10.6. The van der Waals surface area contributed by atoms with E-state index in [9.17, 15) is 4.79 Å². The number of carboxylic acid groups (broad SMARTS) is 1. The second-order valence-electron chi connectivity index (χ2n) is 5.16. The van der Waals surface area contributed by atoms with Crippen molar-refractivity contribution in [1.29, 1.82) is 5.26 Å². The van der Waals surface area contributed by atoms with Crippen LogP contribution in [0.4, 0.5) is 5.69 Å². The van der Waals surface area contributed by atoms with E-state index in [1.165, 1.54) is 0 Å². The SMILES string of the molecule is N#Cc1ccc(N2CCCC(CCC(=O)O)C2)cc1Cl. The van der Waals surface area contributed by atoms with Gasteiger partial charge in [-0.05, 0) is 43.4 Å². The van der Waals surface area contributed by atoms with Gasteiger partial charge in [0.15, 0.2) is 0 Å². The Labute approximate surface area is 123 Å². The van der Waals surface area contributed by atoms with Crippen LogP contribution in [0.1, 0.15) is 31.2 Å². The third-order valence-corrected chi connectivity index (χ3v) is 4.04. The van der Waals surface area contributed by atoms with Crippen LogP contribution in [0.25, 0.3) is 0 Å². The van der Waals surface area contributed by atoms with Crippen LogP contribution >= 0.6 is 11.6 Å². The van der Waals surface area contributed by atoms with Crippen molar-refractivity contribution in [2.24, 2.45) is 5.92 Å². The quantitative estimate of drug-likeness (QED) is 0.925. The number of nitriles is 1. The molecule has 1 aromatic rings. The van der Waals surface area contributed by atoms with Gasteiger partial charge in [0.25, 0.3) is 0 Å². The first-order chi connectivity index (χ1) is 9.60. The van der Waals surface area contributed by atoms with Crippen LogP contribution in [0.15, 0.2) is 18.2 Å². The lowest BCUT2D eigenvalue weighted by atomic mass is 9.93. The molecule has 0 aliphatic carbocycles. The summed E-state index contributed by atoms with van der Waals surface area (Å²) in [5.41, 5.74) is 1.49. The van der Waals surface area contributed by atoms with Gasteiger partial charge in [-0.3, -0.25) is 4.79 Å². The fourth-order valence-electron chi connectivity index (χ4n) is 2.65. The van der Waals surface area contributed by atoms with Gasteiger partial charge in [-0.2, -0.15) is 5.26 Å². The summed E-state index contributed by atoms with van der Waals surface area (Å²) in [5.74, 6) is -0.321. The summed E-state index contributed by atoms with van der Waals surface area (Å²) in [4.78, 5) is 12.9. The molecule has 1 fully saturated rings. The van der Waals surface area contributed by atoms with E-state index in [1.54, 1.807) is 6.07 Å². The number of piperidine rings is 1. The molecule has 0 spiro atoms. The van der Waals surface area contributed by atoms with Crippen molar-refractivity contribution in [2.45, 2.75) is 25.7 Å². The molecule has 0 saturated carbocycles. The highest BCUT2D eigenvalue weighted by molar-refractivity contribution is 6.32. The summed E-state index contributed by atoms with van der Waals surface area (Å²) in [7, 11) is 0. The maximum absolute atomic E-state index is 10.6. The maximum Gasteiger partial charge on any atom is 0.303 e. The van der Waals surface area contributed by atoms with Gasteiger partial charge in [0.2, 0.25) is 0 Å². The molecule has 1 heterocycles. The van der Waals surface area contributed by atoms with E-state index in [0.717, 1.165) is 38.0 Å². The van der Waals surface area contributed by atoms with E-state index in [1.807, 2.05) is 12.1 Å². The van der Waals surface area contributed by atoms with E-state index in [2.05, 4.69) is 11.0 Å². The van der Waals surface area contributed by atoms with Crippen LogP contribution in [0.5, 0.6) is 0 Å². The van der Waals surface area contributed by atoms with Gasteiger partial charge in [0, 0.05) is 25.2 Å². The minimum absolute atomic E-state index is 0.229. The van der Waals surface area contributed by atoms with Gasteiger partial charge in [0.1, 0.15) is 6.07 Å². The van der Waals surface area contributed by atoms with Crippen molar-refractivity contribution < 1.29 is 9.90 Å². The molecule has 0 amide bonds. The van der Waals surface area contributed by atoms with E-state index in [4.69, 9.17) is 22.0 Å². The Bertz CT molecular complexity index is 539. The Hall–Kier alpha value is -1.73. The summed E-state index contributed by atoms with van der Waals surface area (Å²) in [5, 5.41) is 18.1. The molecule has 1 aliphatic heterocycles. The molecule has 106 valence electrons. The van der Waals surface area contributed by atoms with Crippen molar-refractivity contribution >= 4 is 23.3 Å². The molecule has 1 atom stereocenters. The number of carbonyl (C=O) groups is 1. The van der Waals surface area contributed by atoms with Crippen LogP contribution in [-0.4, -0.2) is 24.2 Å². The average molecular weight is 293 g/mol. The highest BCUT2D eigenvalue weighted by Gasteiger charge is 2.21. The van der Waals surface area contributed by atoms with Gasteiger partial charge < -0.3 is 10.0 Å². The molecule has 2 rings (SSSR count). The smallest absolute Gasteiger partial charge is 0.303 e. The highest BCUT2D eigenvalue weighted by Crippen LogP contribution is 2.28. The lowest BCUT2D eigenvalue weighted by Crippen LogP contribution is -2.35. The van der Waals surface area contributed by atoms with E-state index in [0.29, 0.717) is 16.5 Å². The second kappa shape index (κ2) is 6.62. The monoisotopic (exact) mass is 292 g/mol. The molecule has 1 saturated heterocycles. The first-order valence-corrected chi connectivity index (χ1v) is 7.14. The van der Waals surface area contributed by atoms with E-state index in [-0.39, 0.29) is 6.42 Å². The minimum atomic E-state index is -0.733. The molecule has 5 heteroatoms. The third kappa shape index (κ3) is 3.64. The third-order valence-electron chi connectivity index (χ3n) is 3.72. The first-order valence-electron chi connectivity index (χ1n) is 6.76. The lowest BCUT2D eigenvalue weighted by Gasteiger charge is -2.34. The molecule has 1 aromatic carbocycles. The summed E-state index contributed by atoms with van der Waals surface area (Å²) < 4.78 is 0. The molecular formula is C15H17ClN2O2. The van der Waals surface area contributed by atoms with Crippen molar-refractivity contribution in [1.82, 2.24) is 0 Å². The van der Waals surface area contributed by atoms with Gasteiger partial charge in [-0.25, -0.2) is 0 Å². The molecule has 0 bridgehead atoms. The number of halogens is 1. The number of hydrogen-bond donors (Lipinski definition) is 1. The van der Waals surface area contributed by atoms with Crippen LogP contribution < -0.4 is 4.90 Å². The molecule has 0 aromatic heterocycles. The van der Waals surface area contributed by atoms with Crippen molar-refractivity contribution in [3.8, 4) is 6.07 Å². The topological polar surface area (TPSA) is 64.3 Å². The number of rotatable bonds is 4. The van der Waals surface area contributed by atoms with Crippen molar-refractivity contribution in [2.75, 3.05) is 18.0 Å². The Morgan fingerprint density at radius 2 is 2.35 bits per heavy atom. The largest absolute Gasteiger partial charge is 0.481 e. The van der Waals surface area contributed by atoms with Crippen LogP contribution in [0.3, 0.4) is 0 Å². The number of benzene rings is 1. The van der Waals surface area contributed by atoms with Gasteiger partial charge in [-0.1, -0.05) is 11.6 Å². The molecule has 0 radical (unpaired) electrons. The number of aliphatic carboxylic acids is 1. The van der Waals surface area contributed by atoms with Gasteiger partial charge >= 0.3 is 5.97 Å². The van der Waals surface area contributed by atoms with Gasteiger partial charge in [-0.15, -0.1) is 0 Å². The standard InChI is InChI=1S/C15H17ClN2O2/c16-14-8-13(5-4-12(14)9-17)18-7-1-2-11(10-18)3-6-15(19)20/h4-5,8,11H,1-3,6-7,10H2,(H,19,20). The lowest BCUT2D eigenvalue weighted by molar-refractivity contribution is -0.137. The highest BCUT2D eigenvalue weighted by atomic mass is 35.5. The second-order valence-corrected chi connectivity index (χ2v) is 5.57. The first kappa shape index (κ1) is 14.7. The van der Waals surface area contributed by atoms with E-state index >= 15 is 0 Å². The molecule has 1 N–H and O–H groups in total. The zero-order valence-electron chi connectivity index (χ0n) is 11.2. The fraction of sp³-hybridized carbons (Fsp3) is 0.467. The van der Waals surface area contributed by atoms with Gasteiger partial charge in [0.05, 0.1) is 10.6 Å². The predicted molar refractivity (Wildman–Crippen MR) is 78.0 cm³/mol. The van der Waals surface area contributed by atoms with Crippen LogP contribution in [0, 0.1) is 17.2 Å². The Morgan fingerprint density at radius 1 is 1.55 bits per heavy atom. The Balaban J connectivity index is 2.03. The summed E-state index contributed by atoms with van der Waals surface area (Å²) >= 11 is 6.06. The fourth-order valence-corrected chi connectivity index (χ4v) is 2.87. The molecular weight excluding hydrogens is 276 g/mol. The van der Waals surface area contributed by atoms with Crippen LogP contribution in [-0.2, 0) is 4.79 Å². The normalized spacial score (nSPS) is 18.6. The summed E-state index contributed by atoms with van der Waals surface area (Å²) in [6.45, 7) is 1.81. The molecule has 1 aliphatic rings. The Kier molecular flexibility index (Phi) is 4.86. The number of nitrogens with zero attached hydrogens (tertiary/aromatic N) is 2. The average Bonchev–Trinajstić information content (AvgIpc) is 2.45. The molecule has 1 unspecified atom stereocenters. The van der Waals surface area contributed by atoms with Crippen molar-refractivity contribution in [3.05, 3.63) is 28.8 Å². The summed E-state index contributed by atoms with van der Waals surface area (Å²) in [6, 6.07) is 7.51. The van der Waals surface area contributed by atoms with Crippen molar-refractivity contribution in [3.63, 3.8) is 0 Å². The number of carboxylic acids is 1. The number of anilines is 1. The number of hydrogen-bond acceptors (Lipinski definition) is 3. The zero-order valence-corrected chi connectivity index (χ0v) is 11.9. The molecule has 4 nitrogen and oxygen atoms in total.